The van der Waals surface area contributed by atoms with E-state index in [1.54, 1.807) is 7.11 Å². The van der Waals surface area contributed by atoms with Crippen LogP contribution in [-0.2, 0) is 13.0 Å². The lowest BCUT2D eigenvalue weighted by Crippen LogP contribution is -2.38. The van der Waals surface area contributed by atoms with Crippen molar-refractivity contribution in [1.82, 2.24) is 19.5 Å². The molecular weight excluding hydrogens is 328 g/mol. The number of methoxy groups -OCH3 is 1. The van der Waals surface area contributed by atoms with Crippen LogP contribution in [0, 0.1) is 6.92 Å². The zero-order valence-electron chi connectivity index (χ0n) is 15.0. The fraction of sp³-hybridized carbons (Fsp3) is 0.400. The summed E-state index contributed by atoms with van der Waals surface area (Å²) in [6.45, 7) is 2.84. The summed E-state index contributed by atoms with van der Waals surface area (Å²) >= 11 is 0. The van der Waals surface area contributed by atoms with E-state index < -0.39 is 0 Å². The zero-order valence-corrected chi connectivity index (χ0v) is 15.0. The van der Waals surface area contributed by atoms with Crippen LogP contribution in [0.1, 0.15) is 41.4 Å². The molecule has 2 bridgehead atoms. The fourth-order valence-corrected chi connectivity index (χ4v) is 4.59. The van der Waals surface area contributed by atoms with Crippen LogP contribution >= 0.6 is 0 Å². The number of rotatable bonds is 3. The van der Waals surface area contributed by atoms with Crippen molar-refractivity contribution in [3.8, 4) is 11.5 Å². The molecule has 1 aromatic carbocycles. The fourth-order valence-electron chi connectivity index (χ4n) is 4.59. The van der Waals surface area contributed by atoms with E-state index in [4.69, 9.17) is 4.74 Å². The summed E-state index contributed by atoms with van der Waals surface area (Å²) in [6.07, 6.45) is 5.36. The van der Waals surface area contributed by atoms with Gasteiger partial charge >= 0.3 is 0 Å². The van der Waals surface area contributed by atoms with Gasteiger partial charge in [0.15, 0.2) is 17.1 Å². The Labute approximate surface area is 152 Å². The standard InChI is InChI=1S/C20H22N4O2/c1-12-7-20-21-10-15-16-5-4-14(9-17(15)24(20)22-12)23(16)11-13-3-6-19(26-2)18(25)8-13/h3,6-8,10,14,16,25H,4-5,9,11H2,1-2H3/t14-,16-/m1/s1. The largest absolute Gasteiger partial charge is 0.504 e. The first kappa shape index (κ1) is 15.6. The average molecular weight is 350 g/mol. The molecule has 4 heterocycles. The number of benzene rings is 1. The summed E-state index contributed by atoms with van der Waals surface area (Å²) in [5, 5.41) is 14.7. The molecule has 0 radical (unpaired) electrons. The summed E-state index contributed by atoms with van der Waals surface area (Å²) in [6, 6.07) is 8.59. The van der Waals surface area contributed by atoms with Gasteiger partial charge in [-0.25, -0.2) is 9.50 Å². The highest BCUT2D eigenvalue weighted by atomic mass is 16.5. The molecule has 2 aliphatic rings. The smallest absolute Gasteiger partial charge is 0.160 e. The van der Waals surface area contributed by atoms with Crippen molar-refractivity contribution in [1.29, 1.82) is 0 Å². The highest BCUT2D eigenvalue weighted by molar-refractivity contribution is 5.45. The van der Waals surface area contributed by atoms with Gasteiger partial charge in [0.1, 0.15) is 0 Å². The Balaban J connectivity index is 1.49. The number of aromatic nitrogens is 3. The minimum Gasteiger partial charge on any atom is -0.504 e. The van der Waals surface area contributed by atoms with E-state index >= 15 is 0 Å². The van der Waals surface area contributed by atoms with Crippen molar-refractivity contribution >= 4 is 5.65 Å². The van der Waals surface area contributed by atoms with E-state index in [-0.39, 0.29) is 5.75 Å². The van der Waals surface area contributed by atoms with Gasteiger partial charge < -0.3 is 9.84 Å². The molecule has 2 aromatic heterocycles. The van der Waals surface area contributed by atoms with E-state index in [1.165, 1.54) is 17.7 Å². The third-order valence-corrected chi connectivity index (χ3v) is 5.78. The molecule has 0 saturated carbocycles. The van der Waals surface area contributed by atoms with Gasteiger partial charge in [0.25, 0.3) is 0 Å². The predicted octanol–water partition coefficient (Wildman–Crippen LogP) is 3.01. The lowest BCUT2D eigenvalue weighted by atomic mass is 9.98. The lowest BCUT2D eigenvalue weighted by molar-refractivity contribution is 0.165. The first-order valence-corrected chi connectivity index (χ1v) is 9.10. The molecule has 2 aliphatic heterocycles. The maximum atomic E-state index is 10.1. The van der Waals surface area contributed by atoms with Crippen LogP contribution in [0.15, 0.2) is 30.5 Å². The average Bonchev–Trinajstić information content (AvgIpc) is 3.13. The summed E-state index contributed by atoms with van der Waals surface area (Å²) in [5.74, 6) is 0.714. The SMILES string of the molecule is COc1ccc(CN2[C@@H]3CC[C@@H]2c2cnc4cc(C)nn4c2C3)cc1O. The second-order valence-corrected chi connectivity index (χ2v) is 7.35. The molecule has 0 spiro atoms. The van der Waals surface area contributed by atoms with Crippen molar-refractivity contribution in [3.63, 3.8) is 0 Å². The summed E-state index contributed by atoms with van der Waals surface area (Å²) in [7, 11) is 1.57. The summed E-state index contributed by atoms with van der Waals surface area (Å²) in [5.41, 5.74) is 5.66. The Morgan fingerprint density at radius 3 is 2.96 bits per heavy atom. The quantitative estimate of drug-likeness (QED) is 0.787. The van der Waals surface area contributed by atoms with E-state index in [0.717, 1.165) is 36.3 Å². The summed E-state index contributed by atoms with van der Waals surface area (Å²) < 4.78 is 7.19. The van der Waals surface area contributed by atoms with Crippen LogP contribution in [0.4, 0.5) is 0 Å². The second-order valence-electron chi connectivity index (χ2n) is 7.35. The Hall–Kier alpha value is -2.60. The number of ether oxygens (including phenoxy) is 1. The van der Waals surface area contributed by atoms with Crippen LogP contribution in [-0.4, -0.2) is 37.8 Å². The molecule has 0 aliphatic carbocycles. The third-order valence-electron chi connectivity index (χ3n) is 5.78. The van der Waals surface area contributed by atoms with Crippen molar-refractivity contribution < 1.29 is 9.84 Å². The van der Waals surface area contributed by atoms with Crippen molar-refractivity contribution in [3.05, 3.63) is 53.0 Å². The number of nitrogens with zero attached hydrogens (tertiary/aromatic N) is 4. The molecule has 1 saturated heterocycles. The molecule has 0 unspecified atom stereocenters. The Morgan fingerprint density at radius 2 is 2.15 bits per heavy atom. The Bertz CT molecular complexity index is 997. The van der Waals surface area contributed by atoms with Gasteiger partial charge in [0, 0.05) is 42.9 Å². The van der Waals surface area contributed by atoms with Crippen LogP contribution in [0.5, 0.6) is 11.5 Å². The van der Waals surface area contributed by atoms with Crippen LogP contribution in [0.3, 0.4) is 0 Å². The number of phenols is 1. The molecule has 0 amide bonds. The van der Waals surface area contributed by atoms with Crippen molar-refractivity contribution in [2.45, 2.75) is 44.8 Å². The van der Waals surface area contributed by atoms with Crippen LogP contribution in [0.2, 0.25) is 0 Å². The molecule has 2 atom stereocenters. The first-order chi connectivity index (χ1) is 12.6. The maximum absolute atomic E-state index is 10.1. The topological polar surface area (TPSA) is 62.9 Å². The van der Waals surface area contributed by atoms with E-state index in [2.05, 4.69) is 15.0 Å². The van der Waals surface area contributed by atoms with Crippen molar-refractivity contribution in [2.75, 3.05) is 7.11 Å². The molecule has 26 heavy (non-hydrogen) atoms. The minimum atomic E-state index is 0.199. The highest BCUT2D eigenvalue weighted by Gasteiger charge is 2.41. The number of aromatic hydroxyl groups is 1. The third kappa shape index (κ3) is 2.29. The molecule has 6 nitrogen and oxygen atoms in total. The molecular formula is C20H22N4O2. The van der Waals surface area contributed by atoms with Crippen LogP contribution < -0.4 is 4.74 Å². The van der Waals surface area contributed by atoms with Gasteiger partial charge in [-0.05, 0) is 37.5 Å². The number of aryl methyl sites for hydroxylation is 1. The number of hydrogen-bond acceptors (Lipinski definition) is 5. The number of hydrogen-bond donors (Lipinski definition) is 1. The van der Waals surface area contributed by atoms with Gasteiger partial charge in [-0.2, -0.15) is 5.10 Å². The van der Waals surface area contributed by atoms with Gasteiger partial charge in [0.05, 0.1) is 18.5 Å². The summed E-state index contributed by atoms with van der Waals surface area (Å²) in [4.78, 5) is 7.18. The van der Waals surface area contributed by atoms with E-state index in [1.807, 2.05) is 41.9 Å². The van der Waals surface area contributed by atoms with E-state index in [9.17, 15) is 5.11 Å². The number of phenolic OH excluding ortho intramolecular Hbond substituents is 1. The van der Waals surface area contributed by atoms with Crippen molar-refractivity contribution in [2.24, 2.45) is 0 Å². The van der Waals surface area contributed by atoms with Gasteiger partial charge in [0.2, 0.25) is 0 Å². The predicted molar refractivity (Wildman–Crippen MR) is 97.4 cm³/mol. The molecule has 3 aromatic rings. The highest BCUT2D eigenvalue weighted by Crippen LogP contribution is 2.44. The monoisotopic (exact) mass is 350 g/mol. The maximum Gasteiger partial charge on any atom is 0.160 e. The molecule has 134 valence electrons. The van der Waals surface area contributed by atoms with Gasteiger partial charge in [-0.3, -0.25) is 4.90 Å². The lowest BCUT2D eigenvalue weighted by Gasteiger charge is -2.36. The number of fused-ring (bicyclic) bond motifs is 6. The Kier molecular flexibility index (Phi) is 3.43. The van der Waals surface area contributed by atoms with Gasteiger partial charge in [-0.1, -0.05) is 6.07 Å². The van der Waals surface area contributed by atoms with Crippen LogP contribution in [0.25, 0.3) is 5.65 Å². The molecule has 1 fully saturated rings. The Morgan fingerprint density at radius 1 is 1.27 bits per heavy atom. The van der Waals surface area contributed by atoms with E-state index in [0.29, 0.717) is 17.8 Å². The minimum absolute atomic E-state index is 0.199. The second kappa shape index (κ2) is 5.71. The zero-order chi connectivity index (χ0) is 17.8. The normalized spacial score (nSPS) is 21.9. The first-order valence-electron chi connectivity index (χ1n) is 9.10. The van der Waals surface area contributed by atoms with Gasteiger partial charge in [-0.15, -0.1) is 0 Å². The molecule has 1 N–H and O–H groups in total. The molecule has 5 rings (SSSR count). The molecule has 6 heteroatoms.